The van der Waals surface area contributed by atoms with Gasteiger partial charge in [0.1, 0.15) is 5.76 Å². The van der Waals surface area contributed by atoms with E-state index in [1.165, 1.54) is 5.56 Å². The number of fused-ring (bicyclic) bond motifs is 1. The van der Waals surface area contributed by atoms with Crippen LogP contribution in [-0.4, -0.2) is 45.5 Å². The van der Waals surface area contributed by atoms with Crippen LogP contribution in [0.5, 0.6) is 0 Å². The highest BCUT2D eigenvalue weighted by Crippen LogP contribution is 2.36. The smallest absolute Gasteiger partial charge is 0.231 e. The van der Waals surface area contributed by atoms with E-state index in [0.717, 1.165) is 49.9 Å². The van der Waals surface area contributed by atoms with Crippen LogP contribution in [0, 0.1) is 20.8 Å². The molecule has 2 aliphatic rings. The fourth-order valence-electron chi connectivity index (χ4n) is 3.82. The molecule has 0 unspecified atom stereocenters. The molecule has 3 atom stereocenters. The highest BCUT2D eigenvalue weighted by molar-refractivity contribution is 5.21. The number of likely N-dealkylation sites (tertiary alicyclic amines) is 1. The second kappa shape index (κ2) is 5.72. The van der Waals surface area contributed by atoms with Gasteiger partial charge in [0.2, 0.25) is 5.89 Å². The summed E-state index contributed by atoms with van der Waals surface area (Å²) in [4.78, 5) is 6.89. The molecule has 2 saturated heterocycles. The van der Waals surface area contributed by atoms with Crippen LogP contribution in [0.3, 0.4) is 0 Å². The summed E-state index contributed by atoms with van der Waals surface area (Å²) in [6.07, 6.45) is 2.26. The molecule has 124 valence electrons. The van der Waals surface area contributed by atoms with Gasteiger partial charge in [0, 0.05) is 31.3 Å². The lowest BCUT2D eigenvalue weighted by Gasteiger charge is -2.39. The van der Waals surface area contributed by atoms with Crippen LogP contribution in [0.25, 0.3) is 0 Å². The molecule has 0 spiro atoms. The molecule has 0 amide bonds. The molecular weight excluding hydrogens is 296 g/mol. The van der Waals surface area contributed by atoms with Gasteiger partial charge in [-0.1, -0.05) is 10.3 Å². The Morgan fingerprint density at radius 1 is 1.17 bits per heavy atom. The van der Waals surface area contributed by atoms with Crippen LogP contribution in [0.4, 0.5) is 0 Å². The molecule has 2 fully saturated rings. The van der Waals surface area contributed by atoms with Crippen molar-refractivity contribution in [3.8, 4) is 0 Å². The van der Waals surface area contributed by atoms with Gasteiger partial charge in [-0.05, 0) is 33.6 Å². The van der Waals surface area contributed by atoms with Gasteiger partial charge in [0.15, 0.2) is 5.82 Å². The largest absolute Gasteiger partial charge is 0.377 e. The number of aromatic nitrogens is 3. The number of hydrogen-bond acceptors (Lipinski definition) is 7. The lowest BCUT2D eigenvalue weighted by atomic mass is 9.89. The van der Waals surface area contributed by atoms with Gasteiger partial charge in [-0.3, -0.25) is 4.90 Å². The third-order valence-corrected chi connectivity index (χ3v) is 5.05. The fraction of sp³-hybridized carbons (Fsp3) is 0.688. The van der Waals surface area contributed by atoms with Crippen LogP contribution in [0.15, 0.2) is 9.05 Å². The molecule has 7 heteroatoms. The summed E-state index contributed by atoms with van der Waals surface area (Å²) in [7, 11) is 0. The first-order valence-corrected chi connectivity index (χ1v) is 8.19. The fourth-order valence-corrected chi connectivity index (χ4v) is 3.82. The number of nitrogens with zero attached hydrogens (tertiary/aromatic N) is 4. The molecular formula is C16H22N4O3. The second-order valence-electron chi connectivity index (χ2n) is 6.61. The highest BCUT2D eigenvalue weighted by Gasteiger charge is 2.42. The summed E-state index contributed by atoms with van der Waals surface area (Å²) in [5.41, 5.74) is 2.15. The molecule has 0 radical (unpaired) electrons. The lowest BCUT2D eigenvalue weighted by molar-refractivity contribution is 0.00825. The van der Waals surface area contributed by atoms with Gasteiger partial charge < -0.3 is 13.8 Å². The van der Waals surface area contributed by atoms with Crippen molar-refractivity contribution in [3.05, 3.63) is 28.7 Å². The Kier molecular flexibility index (Phi) is 3.69. The first kappa shape index (κ1) is 14.8. The third-order valence-electron chi connectivity index (χ3n) is 5.05. The maximum atomic E-state index is 5.95. The molecule has 0 saturated carbocycles. The van der Waals surface area contributed by atoms with E-state index in [1.54, 1.807) is 0 Å². The Morgan fingerprint density at radius 2 is 2.04 bits per heavy atom. The molecule has 0 aliphatic carbocycles. The van der Waals surface area contributed by atoms with Crippen LogP contribution >= 0.6 is 0 Å². The van der Waals surface area contributed by atoms with Crippen molar-refractivity contribution in [2.75, 3.05) is 13.2 Å². The van der Waals surface area contributed by atoms with Crippen LogP contribution in [-0.2, 0) is 11.3 Å². The number of aryl methyl sites for hydroxylation is 3. The SMILES string of the molecule is Cc1noc([C@@H]2C[C@H]3OCC[C@H]3N(Cc3c(C)noc3C)C2)n1. The van der Waals surface area contributed by atoms with Crippen molar-refractivity contribution < 1.29 is 13.8 Å². The minimum atomic E-state index is 0.219. The average Bonchev–Trinajstić information content (AvgIpc) is 3.23. The van der Waals surface area contributed by atoms with E-state index in [1.807, 2.05) is 20.8 Å². The first-order valence-electron chi connectivity index (χ1n) is 8.19. The Hall–Kier alpha value is -1.73. The van der Waals surface area contributed by atoms with Crippen molar-refractivity contribution in [2.24, 2.45) is 0 Å². The Bertz CT molecular complexity index is 676. The van der Waals surface area contributed by atoms with E-state index in [4.69, 9.17) is 13.8 Å². The zero-order valence-electron chi connectivity index (χ0n) is 13.8. The Morgan fingerprint density at radius 3 is 2.74 bits per heavy atom. The van der Waals surface area contributed by atoms with E-state index >= 15 is 0 Å². The summed E-state index contributed by atoms with van der Waals surface area (Å²) in [5.74, 6) is 2.52. The lowest BCUT2D eigenvalue weighted by Crippen LogP contribution is -2.48. The van der Waals surface area contributed by atoms with E-state index in [-0.39, 0.29) is 12.0 Å². The van der Waals surface area contributed by atoms with Gasteiger partial charge in [0.25, 0.3) is 0 Å². The van der Waals surface area contributed by atoms with Crippen LogP contribution in [0.2, 0.25) is 0 Å². The predicted octanol–water partition coefficient (Wildman–Crippen LogP) is 2.13. The Balaban J connectivity index is 1.58. The van der Waals surface area contributed by atoms with Crippen molar-refractivity contribution in [1.29, 1.82) is 0 Å². The van der Waals surface area contributed by atoms with Crippen LogP contribution < -0.4 is 0 Å². The normalized spacial score (nSPS) is 28.2. The standard InChI is InChI=1S/C16H22N4O3/c1-9-13(10(2)22-18-9)8-20-7-12(16-17-11(3)19-23-16)6-15-14(20)4-5-21-15/h12,14-15H,4-8H2,1-3H3/t12-,14-,15-/m1/s1. The molecule has 2 aliphatic heterocycles. The van der Waals surface area contributed by atoms with E-state index in [0.29, 0.717) is 11.9 Å². The van der Waals surface area contributed by atoms with Crippen molar-refractivity contribution in [3.63, 3.8) is 0 Å². The van der Waals surface area contributed by atoms with Gasteiger partial charge in [-0.25, -0.2) is 0 Å². The van der Waals surface area contributed by atoms with Gasteiger partial charge >= 0.3 is 0 Å². The average molecular weight is 318 g/mol. The highest BCUT2D eigenvalue weighted by atomic mass is 16.5. The zero-order valence-corrected chi connectivity index (χ0v) is 13.8. The quantitative estimate of drug-likeness (QED) is 0.858. The third kappa shape index (κ3) is 2.68. The van der Waals surface area contributed by atoms with Gasteiger partial charge in [-0.15, -0.1) is 0 Å². The van der Waals surface area contributed by atoms with E-state index < -0.39 is 0 Å². The zero-order chi connectivity index (χ0) is 16.0. The molecule has 0 aromatic carbocycles. The summed E-state index contributed by atoms with van der Waals surface area (Å²) in [6.45, 7) is 8.37. The molecule has 2 aromatic heterocycles. The number of ether oxygens (including phenoxy) is 1. The maximum Gasteiger partial charge on any atom is 0.231 e. The molecule has 2 aromatic rings. The van der Waals surface area contributed by atoms with Crippen molar-refractivity contribution >= 4 is 0 Å². The van der Waals surface area contributed by atoms with E-state index in [9.17, 15) is 0 Å². The summed E-state index contributed by atoms with van der Waals surface area (Å²) < 4.78 is 16.7. The molecule has 0 bridgehead atoms. The Labute approximate surface area is 135 Å². The summed E-state index contributed by atoms with van der Waals surface area (Å²) >= 11 is 0. The second-order valence-corrected chi connectivity index (χ2v) is 6.61. The number of rotatable bonds is 3. The summed E-state index contributed by atoms with van der Waals surface area (Å²) in [5, 5.41) is 8.01. The maximum absolute atomic E-state index is 5.95. The van der Waals surface area contributed by atoms with Crippen LogP contribution in [0.1, 0.15) is 47.5 Å². The first-order chi connectivity index (χ1) is 11.1. The van der Waals surface area contributed by atoms with Gasteiger partial charge in [-0.2, -0.15) is 4.98 Å². The topological polar surface area (TPSA) is 77.4 Å². The molecule has 0 N–H and O–H groups in total. The monoisotopic (exact) mass is 318 g/mol. The predicted molar refractivity (Wildman–Crippen MR) is 80.9 cm³/mol. The minimum absolute atomic E-state index is 0.219. The number of piperidine rings is 1. The molecule has 4 heterocycles. The summed E-state index contributed by atoms with van der Waals surface area (Å²) in [6, 6.07) is 0.448. The minimum Gasteiger partial charge on any atom is -0.377 e. The van der Waals surface area contributed by atoms with E-state index in [2.05, 4.69) is 20.2 Å². The number of hydrogen-bond donors (Lipinski definition) is 0. The molecule has 4 rings (SSSR count). The van der Waals surface area contributed by atoms with Crippen molar-refractivity contribution in [2.45, 2.75) is 58.2 Å². The molecule has 7 nitrogen and oxygen atoms in total. The molecule has 23 heavy (non-hydrogen) atoms. The van der Waals surface area contributed by atoms with Gasteiger partial charge in [0.05, 0.1) is 17.7 Å². The van der Waals surface area contributed by atoms with Crippen molar-refractivity contribution in [1.82, 2.24) is 20.2 Å².